The SMILES string of the molecule is CC1CC(N)C(O)N2C(C(=O)O)CCC12. The van der Waals surface area contributed by atoms with E-state index in [4.69, 9.17) is 10.8 Å². The maximum atomic E-state index is 11.0. The standard InChI is InChI=1S/C10H18N2O3/c1-5-4-6(11)9(13)12-7(5)2-3-8(12)10(14)15/h5-9,13H,2-4,11H2,1H3,(H,14,15). The van der Waals surface area contributed by atoms with Crippen LogP contribution in [0.2, 0.25) is 0 Å². The van der Waals surface area contributed by atoms with Crippen molar-refractivity contribution in [2.45, 2.75) is 50.5 Å². The second-order valence-electron chi connectivity index (χ2n) is 4.74. The molecular weight excluding hydrogens is 196 g/mol. The first kappa shape index (κ1) is 10.9. The Morgan fingerprint density at radius 1 is 1.47 bits per heavy atom. The molecule has 0 radical (unpaired) electrons. The summed E-state index contributed by atoms with van der Waals surface area (Å²) in [4.78, 5) is 12.7. The Morgan fingerprint density at radius 3 is 2.73 bits per heavy atom. The minimum Gasteiger partial charge on any atom is -0.480 e. The second kappa shape index (κ2) is 3.73. The fourth-order valence-corrected chi connectivity index (χ4v) is 3.00. The predicted molar refractivity (Wildman–Crippen MR) is 54.0 cm³/mol. The van der Waals surface area contributed by atoms with E-state index in [0.29, 0.717) is 12.3 Å². The minimum absolute atomic E-state index is 0.181. The molecule has 2 aliphatic rings. The number of nitrogens with two attached hydrogens (primary N) is 1. The van der Waals surface area contributed by atoms with Gasteiger partial charge >= 0.3 is 5.97 Å². The molecule has 4 N–H and O–H groups in total. The summed E-state index contributed by atoms with van der Waals surface area (Å²) in [6.45, 7) is 2.08. The Balaban J connectivity index is 2.22. The van der Waals surface area contributed by atoms with Crippen LogP contribution >= 0.6 is 0 Å². The monoisotopic (exact) mass is 214 g/mol. The lowest BCUT2D eigenvalue weighted by Gasteiger charge is -2.43. The first-order valence-electron chi connectivity index (χ1n) is 5.46. The Kier molecular flexibility index (Phi) is 2.70. The number of carboxylic acid groups (broad SMARTS) is 1. The largest absolute Gasteiger partial charge is 0.480 e. The van der Waals surface area contributed by atoms with Crippen LogP contribution in [-0.2, 0) is 4.79 Å². The molecule has 2 rings (SSSR count). The highest BCUT2D eigenvalue weighted by Crippen LogP contribution is 2.37. The topological polar surface area (TPSA) is 86.8 Å². The summed E-state index contributed by atoms with van der Waals surface area (Å²) in [5.74, 6) is -0.481. The number of fused-ring (bicyclic) bond motifs is 1. The zero-order valence-electron chi connectivity index (χ0n) is 8.84. The molecular formula is C10H18N2O3. The molecule has 0 aromatic carbocycles. The predicted octanol–water partition coefficient (Wildman–Crippen LogP) is -0.410. The third-order valence-electron chi connectivity index (χ3n) is 3.75. The van der Waals surface area contributed by atoms with Crippen LogP contribution in [0.25, 0.3) is 0 Å². The number of carbonyl (C=O) groups is 1. The molecule has 0 spiro atoms. The zero-order valence-corrected chi connectivity index (χ0v) is 8.84. The summed E-state index contributed by atoms with van der Waals surface area (Å²) in [5, 5.41) is 19.0. The normalized spacial score (nSPS) is 46.5. The van der Waals surface area contributed by atoms with Gasteiger partial charge in [0.25, 0.3) is 0 Å². The van der Waals surface area contributed by atoms with E-state index in [0.717, 1.165) is 12.8 Å². The van der Waals surface area contributed by atoms with Crippen LogP contribution in [0, 0.1) is 5.92 Å². The number of piperidine rings is 1. The van der Waals surface area contributed by atoms with E-state index in [1.807, 2.05) is 0 Å². The van der Waals surface area contributed by atoms with Gasteiger partial charge < -0.3 is 15.9 Å². The molecule has 2 aliphatic heterocycles. The smallest absolute Gasteiger partial charge is 0.321 e. The summed E-state index contributed by atoms with van der Waals surface area (Å²) in [6, 6.07) is -0.698. The van der Waals surface area contributed by atoms with Gasteiger partial charge in [0.1, 0.15) is 12.3 Å². The molecule has 0 saturated carbocycles. The van der Waals surface area contributed by atoms with Crippen molar-refractivity contribution in [2.24, 2.45) is 11.7 Å². The van der Waals surface area contributed by atoms with Crippen molar-refractivity contribution < 1.29 is 15.0 Å². The van der Waals surface area contributed by atoms with Gasteiger partial charge in [-0.25, -0.2) is 0 Å². The number of carboxylic acids is 1. The van der Waals surface area contributed by atoms with E-state index >= 15 is 0 Å². The van der Waals surface area contributed by atoms with E-state index in [2.05, 4.69) is 6.92 Å². The van der Waals surface area contributed by atoms with Crippen molar-refractivity contribution >= 4 is 5.97 Å². The van der Waals surface area contributed by atoms with Crippen LogP contribution in [0.1, 0.15) is 26.2 Å². The van der Waals surface area contributed by atoms with E-state index in [1.54, 1.807) is 4.90 Å². The van der Waals surface area contributed by atoms with E-state index in [1.165, 1.54) is 0 Å². The quantitative estimate of drug-likeness (QED) is 0.552. The fourth-order valence-electron chi connectivity index (χ4n) is 3.00. The molecule has 15 heavy (non-hydrogen) atoms. The van der Waals surface area contributed by atoms with Crippen LogP contribution in [0.4, 0.5) is 0 Å². The number of rotatable bonds is 1. The average molecular weight is 214 g/mol. The molecule has 2 fully saturated rings. The lowest BCUT2D eigenvalue weighted by atomic mass is 9.87. The van der Waals surface area contributed by atoms with E-state index in [9.17, 15) is 9.90 Å². The van der Waals surface area contributed by atoms with Crippen LogP contribution in [-0.4, -0.2) is 45.4 Å². The minimum atomic E-state index is -0.849. The zero-order chi connectivity index (χ0) is 11.2. The molecule has 5 unspecified atom stereocenters. The van der Waals surface area contributed by atoms with Gasteiger partial charge in [0.15, 0.2) is 0 Å². The molecule has 0 aliphatic carbocycles. The highest BCUT2D eigenvalue weighted by molar-refractivity contribution is 5.74. The molecule has 5 nitrogen and oxygen atoms in total. The molecule has 86 valence electrons. The molecule has 2 saturated heterocycles. The van der Waals surface area contributed by atoms with Crippen LogP contribution in [0.5, 0.6) is 0 Å². The number of hydrogen-bond donors (Lipinski definition) is 3. The Bertz CT molecular complexity index is 271. The van der Waals surface area contributed by atoms with Gasteiger partial charge in [-0.3, -0.25) is 9.69 Å². The van der Waals surface area contributed by atoms with Gasteiger partial charge in [0, 0.05) is 12.1 Å². The molecule has 5 heteroatoms. The summed E-state index contributed by atoms with van der Waals surface area (Å²) in [7, 11) is 0. The van der Waals surface area contributed by atoms with Crippen molar-refractivity contribution in [3.8, 4) is 0 Å². The molecule has 5 atom stereocenters. The summed E-state index contributed by atoms with van der Waals surface area (Å²) >= 11 is 0. The lowest BCUT2D eigenvalue weighted by molar-refractivity contribution is -0.152. The highest BCUT2D eigenvalue weighted by atomic mass is 16.4. The van der Waals surface area contributed by atoms with Crippen LogP contribution < -0.4 is 5.73 Å². The van der Waals surface area contributed by atoms with Crippen LogP contribution in [0.15, 0.2) is 0 Å². The van der Waals surface area contributed by atoms with Gasteiger partial charge in [0.2, 0.25) is 0 Å². The number of aliphatic hydroxyl groups excluding tert-OH is 1. The molecule has 0 aromatic heterocycles. The average Bonchev–Trinajstić information content (AvgIpc) is 2.58. The van der Waals surface area contributed by atoms with Crippen molar-refractivity contribution in [3.63, 3.8) is 0 Å². The Morgan fingerprint density at radius 2 is 2.13 bits per heavy atom. The van der Waals surface area contributed by atoms with Crippen LogP contribution in [0.3, 0.4) is 0 Å². The maximum Gasteiger partial charge on any atom is 0.321 e. The summed E-state index contributed by atoms with van der Waals surface area (Å²) in [5.41, 5.74) is 5.80. The van der Waals surface area contributed by atoms with Crippen molar-refractivity contribution in [3.05, 3.63) is 0 Å². The number of nitrogens with zero attached hydrogens (tertiary/aromatic N) is 1. The summed E-state index contributed by atoms with van der Waals surface area (Å²) < 4.78 is 0. The molecule has 0 amide bonds. The Labute approximate surface area is 88.9 Å². The highest BCUT2D eigenvalue weighted by Gasteiger charge is 2.48. The second-order valence-corrected chi connectivity index (χ2v) is 4.74. The van der Waals surface area contributed by atoms with E-state index < -0.39 is 18.2 Å². The Hall–Kier alpha value is -0.650. The first-order valence-corrected chi connectivity index (χ1v) is 5.46. The van der Waals surface area contributed by atoms with Gasteiger partial charge in [0.05, 0.1) is 0 Å². The van der Waals surface area contributed by atoms with Crippen molar-refractivity contribution in [1.82, 2.24) is 4.90 Å². The van der Waals surface area contributed by atoms with Crippen molar-refractivity contribution in [2.75, 3.05) is 0 Å². The first-order chi connectivity index (χ1) is 7.02. The molecule has 0 aromatic rings. The number of aliphatic carboxylic acids is 1. The van der Waals surface area contributed by atoms with Gasteiger partial charge in [-0.15, -0.1) is 0 Å². The molecule has 0 bridgehead atoms. The number of hydrogen-bond acceptors (Lipinski definition) is 4. The third-order valence-corrected chi connectivity index (χ3v) is 3.75. The van der Waals surface area contributed by atoms with Gasteiger partial charge in [-0.2, -0.15) is 0 Å². The van der Waals surface area contributed by atoms with Gasteiger partial charge in [-0.1, -0.05) is 6.92 Å². The number of aliphatic hydroxyl groups is 1. The lowest BCUT2D eigenvalue weighted by Crippen LogP contribution is -2.60. The van der Waals surface area contributed by atoms with Gasteiger partial charge in [-0.05, 0) is 25.2 Å². The summed E-state index contributed by atoms with van der Waals surface area (Å²) in [6.07, 6.45) is 1.44. The maximum absolute atomic E-state index is 11.0. The van der Waals surface area contributed by atoms with Crippen molar-refractivity contribution in [1.29, 1.82) is 0 Å². The van der Waals surface area contributed by atoms with E-state index in [-0.39, 0.29) is 12.1 Å². The molecule has 2 heterocycles. The third kappa shape index (κ3) is 1.64. The fraction of sp³-hybridized carbons (Fsp3) is 0.900.